The topological polar surface area (TPSA) is 191 Å². The Hall–Kier alpha value is -6.50. The molecule has 1 aliphatic heterocycles. The number of ether oxygens (including phenoxy) is 2. The third kappa shape index (κ3) is 7.69. The second kappa shape index (κ2) is 17.5. The van der Waals surface area contributed by atoms with Gasteiger partial charge in [0.15, 0.2) is 0 Å². The molecule has 0 bridgehead atoms. The maximum absolute atomic E-state index is 15.6. The van der Waals surface area contributed by atoms with E-state index in [1.54, 1.807) is 17.0 Å². The molecule has 0 saturated carbocycles. The van der Waals surface area contributed by atoms with Crippen LogP contribution in [-0.2, 0) is 27.5 Å². The Morgan fingerprint density at radius 1 is 0.667 bits per heavy atom. The second-order valence-corrected chi connectivity index (χ2v) is 18.4. The van der Waals surface area contributed by atoms with Gasteiger partial charge in [0, 0.05) is 6.07 Å². The van der Waals surface area contributed by atoms with Crippen molar-refractivity contribution in [3.8, 4) is 0 Å². The van der Waals surface area contributed by atoms with Crippen LogP contribution < -0.4 is 21.2 Å². The van der Waals surface area contributed by atoms with Crippen molar-refractivity contribution in [3.05, 3.63) is 171 Å². The number of para-hydroxylation sites is 2. The van der Waals surface area contributed by atoms with Gasteiger partial charge >= 0.3 is 296 Å². The summed E-state index contributed by atoms with van der Waals surface area (Å²) in [6.45, 7) is -5.62. The first kappa shape index (κ1) is 40.2. The Bertz CT molecular complexity index is 2140. The van der Waals surface area contributed by atoms with Crippen LogP contribution in [0.3, 0.4) is 0 Å². The van der Waals surface area contributed by atoms with Gasteiger partial charge in [-0.3, -0.25) is 10.1 Å². The summed E-state index contributed by atoms with van der Waals surface area (Å²) in [4.78, 5) is 66.5. The number of alkyl carbamates (subject to hydrolysis) is 1. The first-order valence-corrected chi connectivity index (χ1v) is 20.7. The SMILES string of the molecule is O=C(NCCC1C(=O)N(CP(C(=O)OCc2ccccc2[N+](=O)[O-])(c2ccccc2)(c2ccccc2)c2ccccc2)C1CCO)OCc1ccccc1[N+](=O)[O-]. The van der Waals surface area contributed by atoms with E-state index >= 15 is 4.79 Å². The van der Waals surface area contributed by atoms with E-state index in [-0.39, 0.29) is 67.3 Å². The number of hydrogen-bond acceptors (Lipinski definition) is 10. The number of carbonyl (C=O) groups excluding carboxylic acids is 3. The predicted molar refractivity (Wildman–Crippen MR) is 215 cm³/mol. The number of likely N-dealkylation sites (tertiary alicyclic amines) is 1. The van der Waals surface area contributed by atoms with Gasteiger partial charge in [-0.15, -0.1) is 0 Å². The maximum atomic E-state index is 15.6. The molecule has 5 aromatic rings. The molecule has 2 unspecified atom stereocenters. The van der Waals surface area contributed by atoms with Crippen LogP contribution >= 0.6 is 6.60 Å². The smallest absolute Gasteiger partial charge is 0.258 e. The summed E-state index contributed by atoms with van der Waals surface area (Å²) < 4.78 is 11.5. The van der Waals surface area contributed by atoms with E-state index in [0.717, 1.165) is 0 Å². The molecule has 1 aliphatic rings. The summed E-state index contributed by atoms with van der Waals surface area (Å²) in [6, 6.07) is 38.8. The quantitative estimate of drug-likeness (QED) is 0.0478. The van der Waals surface area contributed by atoms with Crippen LogP contribution in [0.5, 0.6) is 0 Å². The number of aliphatic hydroxyl groups excluding tert-OH is 1. The number of carbonyl (C=O) groups is 3. The van der Waals surface area contributed by atoms with Crippen LogP contribution in [0.4, 0.5) is 21.0 Å². The molecule has 1 saturated heterocycles. The van der Waals surface area contributed by atoms with E-state index in [9.17, 15) is 34.9 Å². The van der Waals surface area contributed by atoms with Crippen LogP contribution in [0.15, 0.2) is 140 Å². The van der Waals surface area contributed by atoms with Crippen LogP contribution in [0.2, 0.25) is 0 Å². The summed E-state index contributed by atoms with van der Waals surface area (Å²) in [5.41, 5.74) is -0.603. The van der Waals surface area contributed by atoms with Gasteiger partial charge in [-0.05, 0) is 0 Å². The summed E-state index contributed by atoms with van der Waals surface area (Å²) in [7, 11) is 0. The number of benzene rings is 5. The summed E-state index contributed by atoms with van der Waals surface area (Å²) in [5, 5.41) is 38.0. The van der Waals surface area contributed by atoms with Crippen LogP contribution in [0, 0.1) is 26.1 Å². The van der Waals surface area contributed by atoms with E-state index < -0.39 is 46.8 Å². The summed E-state index contributed by atoms with van der Waals surface area (Å²) in [6.07, 6.45) is -0.598. The van der Waals surface area contributed by atoms with Crippen molar-refractivity contribution >= 4 is 51.6 Å². The zero-order chi connectivity index (χ0) is 40.4. The van der Waals surface area contributed by atoms with Crippen molar-refractivity contribution in [1.29, 1.82) is 0 Å². The molecule has 1 fully saturated rings. The number of aliphatic hydroxyl groups is 1. The minimum absolute atomic E-state index is 0.0272. The molecule has 0 spiro atoms. The molecule has 2 N–H and O–H groups in total. The van der Waals surface area contributed by atoms with E-state index in [2.05, 4.69) is 5.32 Å². The van der Waals surface area contributed by atoms with Gasteiger partial charge in [0.1, 0.15) is 0 Å². The molecule has 5 aromatic carbocycles. The van der Waals surface area contributed by atoms with E-state index in [4.69, 9.17) is 9.47 Å². The molecule has 2 amide bonds. The molecule has 15 heteroatoms. The number of hydrogen-bond donors (Lipinski definition) is 2. The third-order valence-corrected chi connectivity index (χ3v) is 16.6. The van der Waals surface area contributed by atoms with Crippen LogP contribution in [0.25, 0.3) is 0 Å². The fourth-order valence-electron chi connectivity index (χ4n) is 7.73. The molecule has 6 rings (SSSR count). The first-order chi connectivity index (χ1) is 27.6. The normalized spacial score (nSPS) is 15.7. The predicted octanol–water partition coefficient (Wildman–Crippen LogP) is 6.15. The number of nitro benzene ring substituents is 2. The standard InChI is InChI=1S/C42H41N4O10P/c47-27-25-39-36(24-26-43-41(49)55-28-31-14-10-12-22-37(31)45(51)52)40(48)44(39)30-57(33-16-4-1-5-17-33,34-18-6-2-7-19-34,35-20-8-3-9-21-35)42(50)56-29-32-15-11-13-23-38(32)46(53)54/h1-23,36,39,47H,24-30H2,(H,43,49). The number of nitrogens with zero attached hydrogens (tertiary/aromatic N) is 3. The number of rotatable bonds is 17. The molecule has 1 heterocycles. The van der Waals surface area contributed by atoms with Gasteiger partial charge in [-0.25, -0.2) is 0 Å². The molecule has 57 heavy (non-hydrogen) atoms. The number of nitrogens with one attached hydrogen (secondary N) is 1. The Labute approximate surface area is 328 Å². The molecule has 0 aliphatic carbocycles. The number of amides is 2. The van der Waals surface area contributed by atoms with E-state index in [1.807, 2.05) is 91.0 Å². The molecule has 2 atom stereocenters. The minimum atomic E-state index is -4.65. The van der Waals surface area contributed by atoms with Crippen LogP contribution in [-0.4, -0.2) is 63.0 Å². The van der Waals surface area contributed by atoms with Gasteiger partial charge in [-0.1, -0.05) is 12.1 Å². The van der Waals surface area contributed by atoms with Gasteiger partial charge in [0.25, 0.3) is 0 Å². The first-order valence-electron chi connectivity index (χ1n) is 18.2. The average Bonchev–Trinajstić information content (AvgIpc) is 3.25. The average molecular weight is 793 g/mol. The van der Waals surface area contributed by atoms with Gasteiger partial charge in [0.2, 0.25) is 0 Å². The Morgan fingerprint density at radius 3 is 1.56 bits per heavy atom. The molecule has 294 valence electrons. The molecular formula is C42H41N4O10P. The fraction of sp³-hybridized carbons (Fsp3) is 0.214. The summed E-state index contributed by atoms with van der Waals surface area (Å²) >= 11 is 0. The van der Waals surface area contributed by atoms with Crippen molar-refractivity contribution in [2.24, 2.45) is 5.92 Å². The van der Waals surface area contributed by atoms with E-state index in [0.29, 0.717) is 15.9 Å². The van der Waals surface area contributed by atoms with Gasteiger partial charge in [-0.2, -0.15) is 0 Å². The molecule has 0 aromatic heterocycles. The fourth-order valence-corrected chi connectivity index (χ4v) is 13.7. The third-order valence-electron chi connectivity index (χ3n) is 10.5. The van der Waals surface area contributed by atoms with Gasteiger partial charge in [0.05, 0.1) is 4.92 Å². The number of β-lactam (4-membered cyclic amide) rings is 1. The van der Waals surface area contributed by atoms with Crippen molar-refractivity contribution in [3.63, 3.8) is 0 Å². The zero-order valence-electron chi connectivity index (χ0n) is 30.8. The monoisotopic (exact) mass is 792 g/mol. The van der Waals surface area contributed by atoms with Gasteiger partial charge < -0.3 is 0 Å². The van der Waals surface area contributed by atoms with Crippen molar-refractivity contribution < 1.29 is 38.8 Å². The Morgan fingerprint density at radius 2 is 1.11 bits per heavy atom. The Kier molecular flexibility index (Phi) is 12.4. The van der Waals surface area contributed by atoms with E-state index in [1.165, 1.54) is 36.4 Å². The van der Waals surface area contributed by atoms with Crippen LogP contribution in [0.1, 0.15) is 24.0 Å². The second-order valence-electron chi connectivity index (χ2n) is 13.6. The Balaban J connectivity index is 1.35. The minimum Gasteiger partial charge on any atom is -0.258 e. The van der Waals surface area contributed by atoms with Crippen molar-refractivity contribution in [1.82, 2.24) is 10.2 Å². The van der Waals surface area contributed by atoms with Crippen molar-refractivity contribution in [2.75, 3.05) is 19.4 Å². The van der Waals surface area contributed by atoms with Crippen molar-refractivity contribution in [2.45, 2.75) is 32.1 Å². The zero-order valence-corrected chi connectivity index (χ0v) is 31.7. The molecule has 14 nitrogen and oxygen atoms in total. The number of nitro groups is 2. The molecular weight excluding hydrogens is 751 g/mol. The molecule has 0 radical (unpaired) electrons. The summed E-state index contributed by atoms with van der Waals surface area (Å²) in [5.74, 6) is -0.938.